The van der Waals surface area contributed by atoms with E-state index in [0.717, 1.165) is 28.6 Å². The van der Waals surface area contributed by atoms with E-state index in [1.807, 2.05) is 31.3 Å². The number of aromatic amines is 1. The fourth-order valence-electron chi connectivity index (χ4n) is 3.39. The Morgan fingerprint density at radius 1 is 1.44 bits per heavy atom. The van der Waals surface area contributed by atoms with Crippen LogP contribution in [0.3, 0.4) is 0 Å². The molecule has 1 saturated heterocycles. The van der Waals surface area contributed by atoms with Gasteiger partial charge in [-0.25, -0.2) is 0 Å². The number of benzene rings is 1. The third-order valence-corrected chi connectivity index (χ3v) is 4.92. The Labute approximate surface area is 147 Å². The number of hydrogen-bond acceptors (Lipinski definition) is 3. The van der Waals surface area contributed by atoms with Crippen molar-refractivity contribution in [3.8, 4) is 5.75 Å². The van der Waals surface area contributed by atoms with Crippen molar-refractivity contribution in [2.75, 3.05) is 26.7 Å². The molecule has 2 heterocycles. The first-order valence-corrected chi connectivity index (χ1v) is 8.82. The van der Waals surface area contributed by atoms with E-state index < -0.39 is 0 Å². The molecule has 134 valence electrons. The molecule has 6 heteroatoms. The summed E-state index contributed by atoms with van der Waals surface area (Å²) >= 11 is 0. The minimum atomic E-state index is -0.0966. The predicted octanol–water partition coefficient (Wildman–Crippen LogP) is 2.09. The van der Waals surface area contributed by atoms with Crippen LogP contribution in [0.2, 0.25) is 0 Å². The van der Waals surface area contributed by atoms with Crippen molar-refractivity contribution in [1.29, 1.82) is 0 Å². The summed E-state index contributed by atoms with van der Waals surface area (Å²) in [5, 5.41) is 4.14. The molecule has 2 aromatic rings. The Bertz CT molecular complexity index is 768. The number of likely N-dealkylation sites (tertiary alicyclic amines) is 1. The molecule has 0 saturated carbocycles. The molecule has 2 amide bonds. The first-order chi connectivity index (χ1) is 12.1. The number of carbonyl (C=O) groups is 2. The molecule has 6 nitrogen and oxygen atoms in total. The Morgan fingerprint density at radius 2 is 2.28 bits per heavy atom. The molecule has 1 aromatic heterocycles. The van der Waals surface area contributed by atoms with Gasteiger partial charge in [0.15, 0.2) is 0 Å². The summed E-state index contributed by atoms with van der Waals surface area (Å²) in [6.07, 6.45) is 3.84. The van der Waals surface area contributed by atoms with Crippen LogP contribution in [0.25, 0.3) is 10.9 Å². The second-order valence-electron chi connectivity index (χ2n) is 6.43. The molecule has 2 N–H and O–H groups in total. The zero-order valence-electron chi connectivity index (χ0n) is 14.8. The maximum Gasteiger partial charge on any atom is 0.224 e. The number of fused-ring (bicyclic) bond motifs is 1. The Morgan fingerprint density at radius 3 is 3.04 bits per heavy atom. The number of amides is 2. The van der Waals surface area contributed by atoms with Crippen LogP contribution in [0.15, 0.2) is 24.4 Å². The lowest BCUT2D eigenvalue weighted by atomic mass is 9.96. The molecule has 1 atom stereocenters. The summed E-state index contributed by atoms with van der Waals surface area (Å²) in [6, 6.07) is 5.93. The number of H-pyrrole nitrogens is 1. The molecule has 25 heavy (non-hydrogen) atoms. The fourth-order valence-corrected chi connectivity index (χ4v) is 3.39. The number of piperidine rings is 1. The third-order valence-electron chi connectivity index (χ3n) is 4.92. The van der Waals surface area contributed by atoms with Crippen molar-refractivity contribution in [2.24, 2.45) is 5.92 Å². The summed E-state index contributed by atoms with van der Waals surface area (Å²) in [5.74, 6) is 0.923. The smallest absolute Gasteiger partial charge is 0.224 e. The van der Waals surface area contributed by atoms with Gasteiger partial charge in [0.25, 0.3) is 0 Å². The summed E-state index contributed by atoms with van der Waals surface area (Å²) in [4.78, 5) is 29.1. The van der Waals surface area contributed by atoms with Crippen molar-refractivity contribution in [3.05, 3.63) is 30.0 Å². The normalized spacial score (nSPS) is 17.8. The van der Waals surface area contributed by atoms with E-state index in [9.17, 15) is 9.59 Å². The molecule has 1 aromatic carbocycles. The van der Waals surface area contributed by atoms with Gasteiger partial charge in [0, 0.05) is 43.2 Å². The SMILES string of the molecule is CCN1C[C@@H](C(=O)NCCc2c[nH]c3ccc(OC)cc23)CCC1=O. The number of hydrogen-bond donors (Lipinski definition) is 2. The molecular formula is C19H25N3O3. The molecule has 0 bridgehead atoms. The second kappa shape index (κ2) is 7.59. The quantitative estimate of drug-likeness (QED) is 0.843. The molecule has 1 aliphatic heterocycles. The number of nitrogens with zero attached hydrogens (tertiary/aromatic N) is 1. The maximum absolute atomic E-state index is 12.4. The Kier molecular flexibility index (Phi) is 5.26. The molecule has 1 fully saturated rings. The van der Waals surface area contributed by atoms with Crippen molar-refractivity contribution in [3.63, 3.8) is 0 Å². The number of rotatable bonds is 6. The highest BCUT2D eigenvalue weighted by Crippen LogP contribution is 2.24. The topological polar surface area (TPSA) is 74.4 Å². The highest BCUT2D eigenvalue weighted by atomic mass is 16.5. The van der Waals surface area contributed by atoms with Gasteiger partial charge in [0.2, 0.25) is 11.8 Å². The van der Waals surface area contributed by atoms with E-state index in [2.05, 4.69) is 10.3 Å². The second-order valence-corrected chi connectivity index (χ2v) is 6.43. The molecule has 3 rings (SSSR count). The van der Waals surface area contributed by atoms with Crippen LogP contribution >= 0.6 is 0 Å². The number of nitrogens with one attached hydrogen (secondary N) is 2. The van der Waals surface area contributed by atoms with Gasteiger partial charge < -0.3 is 19.9 Å². The van der Waals surface area contributed by atoms with Crippen LogP contribution in [-0.2, 0) is 16.0 Å². The largest absolute Gasteiger partial charge is 0.497 e. The van der Waals surface area contributed by atoms with Gasteiger partial charge in [-0.15, -0.1) is 0 Å². The maximum atomic E-state index is 12.4. The molecular weight excluding hydrogens is 318 g/mol. The van der Waals surface area contributed by atoms with E-state index in [1.165, 1.54) is 0 Å². The average molecular weight is 343 g/mol. The van der Waals surface area contributed by atoms with E-state index in [-0.39, 0.29) is 17.7 Å². The monoisotopic (exact) mass is 343 g/mol. The van der Waals surface area contributed by atoms with Gasteiger partial charge >= 0.3 is 0 Å². The minimum Gasteiger partial charge on any atom is -0.497 e. The van der Waals surface area contributed by atoms with Gasteiger partial charge in [-0.3, -0.25) is 9.59 Å². The highest BCUT2D eigenvalue weighted by molar-refractivity contribution is 5.85. The molecule has 0 aliphatic carbocycles. The van der Waals surface area contributed by atoms with Crippen molar-refractivity contribution >= 4 is 22.7 Å². The van der Waals surface area contributed by atoms with Crippen LogP contribution in [0.4, 0.5) is 0 Å². The summed E-state index contributed by atoms with van der Waals surface area (Å²) in [7, 11) is 1.65. The van der Waals surface area contributed by atoms with E-state index in [1.54, 1.807) is 12.0 Å². The fraction of sp³-hybridized carbons (Fsp3) is 0.474. The van der Waals surface area contributed by atoms with E-state index in [0.29, 0.717) is 32.5 Å². The lowest BCUT2D eigenvalue weighted by molar-refractivity contribution is -0.138. The summed E-state index contributed by atoms with van der Waals surface area (Å²) in [6.45, 7) is 3.73. The minimum absolute atomic E-state index is 0.0448. The van der Waals surface area contributed by atoms with Crippen LogP contribution < -0.4 is 10.1 Å². The third kappa shape index (κ3) is 3.78. The van der Waals surface area contributed by atoms with Crippen molar-refractivity contribution in [2.45, 2.75) is 26.2 Å². The number of aromatic nitrogens is 1. The predicted molar refractivity (Wildman–Crippen MR) is 96.5 cm³/mol. The first kappa shape index (κ1) is 17.3. The molecule has 0 radical (unpaired) electrons. The van der Waals surface area contributed by atoms with Gasteiger partial charge in [0.05, 0.1) is 13.0 Å². The lowest BCUT2D eigenvalue weighted by Gasteiger charge is -2.31. The first-order valence-electron chi connectivity index (χ1n) is 8.82. The van der Waals surface area contributed by atoms with Crippen LogP contribution in [0, 0.1) is 5.92 Å². The van der Waals surface area contributed by atoms with Gasteiger partial charge in [-0.2, -0.15) is 0 Å². The lowest BCUT2D eigenvalue weighted by Crippen LogP contribution is -2.45. The van der Waals surface area contributed by atoms with Gasteiger partial charge in [0.1, 0.15) is 5.75 Å². The van der Waals surface area contributed by atoms with Gasteiger partial charge in [-0.1, -0.05) is 0 Å². The molecule has 0 spiro atoms. The number of methoxy groups -OCH3 is 1. The average Bonchev–Trinajstić information content (AvgIpc) is 3.04. The van der Waals surface area contributed by atoms with Crippen LogP contribution in [0.5, 0.6) is 5.75 Å². The van der Waals surface area contributed by atoms with Crippen molar-refractivity contribution in [1.82, 2.24) is 15.2 Å². The summed E-state index contributed by atoms with van der Waals surface area (Å²) < 4.78 is 5.28. The number of carbonyl (C=O) groups excluding carboxylic acids is 2. The highest BCUT2D eigenvalue weighted by Gasteiger charge is 2.29. The van der Waals surface area contributed by atoms with Gasteiger partial charge in [-0.05, 0) is 43.5 Å². The van der Waals surface area contributed by atoms with E-state index >= 15 is 0 Å². The number of ether oxygens (including phenoxy) is 1. The zero-order chi connectivity index (χ0) is 17.8. The molecule has 1 aliphatic rings. The standard InChI is InChI=1S/C19H25N3O3/c1-3-22-12-14(4-7-18(22)23)19(24)20-9-8-13-11-21-17-6-5-15(25-2)10-16(13)17/h5-6,10-11,14,21H,3-4,7-9,12H2,1-2H3,(H,20,24)/t14-/m0/s1. The van der Waals surface area contributed by atoms with Crippen LogP contribution in [0.1, 0.15) is 25.3 Å². The zero-order valence-corrected chi connectivity index (χ0v) is 14.8. The summed E-state index contributed by atoms with van der Waals surface area (Å²) in [5.41, 5.74) is 2.22. The van der Waals surface area contributed by atoms with Crippen LogP contribution in [-0.4, -0.2) is 48.4 Å². The Hall–Kier alpha value is -2.50. The molecule has 0 unspecified atom stereocenters. The Balaban J connectivity index is 1.56. The van der Waals surface area contributed by atoms with E-state index in [4.69, 9.17) is 4.74 Å². The van der Waals surface area contributed by atoms with Crippen molar-refractivity contribution < 1.29 is 14.3 Å².